The third-order valence-corrected chi connectivity index (χ3v) is 3.49. The smallest absolute Gasteiger partial charge is 0.227 e. The summed E-state index contributed by atoms with van der Waals surface area (Å²) in [6.45, 7) is 3.79. The molecule has 0 spiro atoms. The summed E-state index contributed by atoms with van der Waals surface area (Å²) in [6.07, 6.45) is 4.11. The van der Waals surface area contributed by atoms with Gasteiger partial charge in [0.2, 0.25) is 5.91 Å². The predicted octanol–water partition coefficient (Wildman–Crippen LogP) is -0.102. The van der Waals surface area contributed by atoms with Gasteiger partial charge in [-0.1, -0.05) is 0 Å². The lowest BCUT2D eigenvalue weighted by Crippen LogP contribution is -2.39. The Morgan fingerprint density at radius 2 is 2.28 bits per heavy atom. The Hall–Kier alpha value is -1.69. The molecular weight excluding hydrogens is 230 g/mol. The molecule has 1 amide bonds. The molecule has 1 atom stereocenters. The van der Waals surface area contributed by atoms with Crippen LogP contribution < -0.4 is 16.0 Å². The van der Waals surface area contributed by atoms with Crippen LogP contribution in [0.5, 0.6) is 0 Å². The van der Waals surface area contributed by atoms with Crippen molar-refractivity contribution >= 4 is 11.7 Å². The van der Waals surface area contributed by atoms with Crippen LogP contribution in [0.2, 0.25) is 0 Å². The lowest BCUT2D eigenvalue weighted by atomic mass is 9.89. The van der Waals surface area contributed by atoms with E-state index in [0.717, 1.165) is 24.5 Å². The van der Waals surface area contributed by atoms with Crippen molar-refractivity contribution in [3.8, 4) is 0 Å². The van der Waals surface area contributed by atoms with E-state index < -0.39 is 0 Å². The van der Waals surface area contributed by atoms with Crippen LogP contribution in [0.15, 0.2) is 12.4 Å². The average molecular weight is 249 g/mol. The van der Waals surface area contributed by atoms with E-state index in [-0.39, 0.29) is 11.3 Å². The van der Waals surface area contributed by atoms with E-state index >= 15 is 0 Å². The van der Waals surface area contributed by atoms with E-state index in [1.54, 1.807) is 19.4 Å². The topological polar surface area (TPSA) is 84.1 Å². The molecule has 0 bridgehead atoms. The lowest BCUT2D eigenvalue weighted by Gasteiger charge is -2.24. The van der Waals surface area contributed by atoms with Crippen molar-refractivity contribution in [3.05, 3.63) is 18.1 Å². The second-order valence-corrected chi connectivity index (χ2v) is 4.84. The normalized spacial score (nSPS) is 23.2. The molecule has 3 N–H and O–H groups in total. The first kappa shape index (κ1) is 12.8. The number of rotatable bonds is 3. The first-order chi connectivity index (χ1) is 8.60. The van der Waals surface area contributed by atoms with Crippen LogP contribution in [0.25, 0.3) is 0 Å². The Morgan fingerprint density at radius 3 is 2.94 bits per heavy atom. The lowest BCUT2D eigenvalue weighted by molar-refractivity contribution is -0.128. The zero-order chi connectivity index (χ0) is 13.2. The summed E-state index contributed by atoms with van der Waals surface area (Å²) in [7, 11) is 1.67. The Bertz CT molecular complexity index is 450. The molecule has 1 fully saturated rings. The van der Waals surface area contributed by atoms with Crippen LogP contribution in [0.1, 0.15) is 19.0 Å². The molecule has 0 aromatic carbocycles. The molecule has 0 saturated carbocycles. The minimum absolute atomic E-state index is 0.0724. The van der Waals surface area contributed by atoms with Gasteiger partial charge in [0.05, 0.1) is 11.1 Å². The highest BCUT2D eigenvalue weighted by atomic mass is 16.2. The number of carbonyl (C=O) groups is 1. The average Bonchev–Trinajstić information content (AvgIpc) is 2.81. The van der Waals surface area contributed by atoms with Gasteiger partial charge in [-0.25, -0.2) is 4.98 Å². The van der Waals surface area contributed by atoms with Crippen LogP contribution in [-0.4, -0.2) is 36.0 Å². The molecule has 1 aromatic heterocycles. The monoisotopic (exact) mass is 249 g/mol. The van der Waals surface area contributed by atoms with E-state index in [9.17, 15) is 4.79 Å². The van der Waals surface area contributed by atoms with Crippen molar-refractivity contribution in [2.45, 2.75) is 19.9 Å². The van der Waals surface area contributed by atoms with Crippen molar-refractivity contribution in [2.75, 3.05) is 25.0 Å². The third kappa shape index (κ3) is 2.15. The van der Waals surface area contributed by atoms with Crippen molar-refractivity contribution in [1.82, 2.24) is 15.3 Å². The van der Waals surface area contributed by atoms with E-state index in [0.29, 0.717) is 13.1 Å². The third-order valence-electron chi connectivity index (χ3n) is 3.49. The van der Waals surface area contributed by atoms with Gasteiger partial charge in [-0.05, 0) is 13.3 Å². The maximum Gasteiger partial charge on any atom is 0.227 e. The highest BCUT2D eigenvalue weighted by molar-refractivity contribution is 5.83. The molecule has 1 aromatic rings. The summed E-state index contributed by atoms with van der Waals surface area (Å²) in [5.41, 5.74) is 6.08. The van der Waals surface area contributed by atoms with E-state index in [1.807, 2.05) is 6.92 Å². The van der Waals surface area contributed by atoms with Gasteiger partial charge >= 0.3 is 0 Å². The molecule has 0 aliphatic carbocycles. The first-order valence-corrected chi connectivity index (χ1v) is 6.08. The van der Waals surface area contributed by atoms with Gasteiger partial charge in [0.1, 0.15) is 0 Å². The highest BCUT2D eigenvalue weighted by Crippen LogP contribution is 2.33. The fraction of sp³-hybridized carbons (Fsp3) is 0.583. The van der Waals surface area contributed by atoms with Crippen molar-refractivity contribution in [2.24, 2.45) is 11.1 Å². The van der Waals surface area contributed by atoms with Crippen LogP contribution in [0.4, 0.5) is 5.82 Å². The Kier molecular flexibility index (Phi) is 3.47. The minimum atomic E-state index is -0.363. The molecular formula is C12H19N5O. The molecule has 1 aliphatic rings. The molecule has 0 radical (unpaired) electrons. The molecule has 2 rings (SSSR count). The van der Waals surface area contributed by atoms with Gasteiger partial charge in [0, 0.05) is 39.1 Å². The number of carbonyl (C=O) groups excluding carboxylic acids is 1. The number of nitrogens with two attached hydrogens (primary N) is 1. The molecule has 6 nitrogen and oxygen atoms in total. The van der Waals surface area contributed by atoms with Gasteiger partial charge in [-0.2, -0.15) is 0 Å². The molecule has 98 valence electrons. The molecule has 1 aliphatic heterocycles. The largest absolute Gasteiger partial charge is 0.359 e. The maximum atomic E-state index is 11.9. The Balaban J connectivity index is 2.20. The number of nitrogens with one attached hydrogen (secondary N) is 1. The minimum Gasteiger partial charge on any atom is -0.359 e. The summed E-state index contributed by atoms with van der Waals surface area (Å²) in [5.74, 6) is 0.871. The number of nitrogens with zero attached hydrogens (tertiary/aromatic N) is 3. The first-order valence-electron chi connectivity index (χ1n) is 6.08. The zero-order valence-corrected chi connectivity index (χ0v) is 10.8. The van der Waals surface area contributed by atoms with Crippen LogP contribution >= 0.6 is 0 Å². The number of aromatic nitrogens is 2. The summed E-state index contributed by atoms with van der Waals surface area (Å²) in [5, 5.41) is 2.72. The summed E-state index contributed by atoms with van der Waals surface area (Å²) in [6, 6.07) is 0. The summed E-state index contributed by atoms with van der Waals surface area (Å²) >= 11 is 0. The molecule has 6 heteroatoms. The van der Waals surface area contributed by atoms with Gasteiger partial charge in [-0.15, -0.1) is 0 Å². The van der Waals surface area contributed by atoms with Gasteiger partial charge in [0.15, 0.2) is 5.82 Å². The van der Waals surface area contributed by atoms with E-state index in [1.165, 1.54) is 0 Å². The maximum absolute atomic E-state index is 11.9. The van der Waals surface area contributed by atoms with Crippen LogP contribution in [0, 0.1) is 5.41 Å². The van der Waals surface area contributed by atoms with Crippen LogP contribution in [-0.2, 0) is 11.3 Å². The second kappa shape index (κ2) is 4.89. The molecule has 1 unspecified atom stereocenters. The zero-order valence-electron chi connectivity index (χ0n) is 10.8. The van der Waals surface area contributed by atoms with Crippen molar-refractivity contribution in [3.63, 3.8) is 0 Å². The van der Waals surface area contributed by atoms with Crippen molar-refractivity contribution < 1.29 is 4.79 Å². The standard InChI is InChI=1S/C12H19N5O/c1-12(11(18)14-2)3-6-17(8-12)10-9(7-13)15-4-5-16-10/h4-5H,3,6-8,13H2,1-2H3,(H,14,18). The quantitative estimate of drug-likeness (QED) is 0.781. The fourth-order valence-electron chi connectivity index (χ4n) is 2.40. The van der Waals surface area contributed by atoms with E-state index in [4.69, 9.17) is 5.73 Å². The van der Waals surface area contributed by atoms with Gasteiger partial charge in [0.25, 0.3) is 0 Å². The molecule has 2 heterocycles. The van der Waals surface area contributed by atoms with Crippen molar-refractivity contribution in [1.29, 1.82) is 0 Å². The highest BCUT2D eigenvalue weighted by Gasteiger charge is 2.40. The Morgan fingerprint density at radius 1 is 1.56 bits per heavy atom. The van der Waals surface area contributed by atoms with Gasteiger partial charge < -0.3 is 16.0 Å². The summed E-state index contributed by atoms with van der Waals surface area (Å²) < 4.78 is 0. The SMILES string of the molecule is CNC(=O)C1(C)CCN(c2nccnc2CN)C1. The fourth-order valence-corrected chi connectivity index (χ4v) is 2.40. The molecule has 18 heavy (non-hydrogen) atoms. The number of anilines is 1. The number of hydrogen-bond acceptors (Lipinski definition) is 5. The van der Waals surface area contributed by atoms with Gasteiger partial charge in [-0.3, -0.25) is 9.78 Å². The summed E-state index contributed by atoms with van der Waals surface area (Å²) in [4.78, 5) is 22.5. The Labute approximate surface area is 107 Å². The number of hydrogen-bond donors (Lipinski definition) is 2. The second-order valence-electron chi connectivity index (χ2n) is 4.84. The number of amides is 1. The predicted molar refractivity (Wildman–Crippen MR) is 68.9 cm³/mol. The van der Waals surface area contributed by atoms with Crippen LogP contribution in [0.3, 0.4) is 0 Å². The molecule has 1 saturated heterocycles. The van der Waals surface area contributed by atoms with E-state index in [2.05, 4.69) is 20.2 Å².